The lowest BCUT2D eigenvalue weighted by molar-refractivity contribution is 0.0945. The lowest BCUT2D eigenvalue weighted by atomic mass is 10.1. The second-order valence-electron chi connectivity index (χ2n) is 6.49. The maximum absolute atomic E-state index is 12.8. The van der Waals surface area contributed by atoms with Gasteiger partial charge in [0, 0.05) is 17.6 Å². The van der Waals surface area contributed by atoms with Crippen molar-refractivity contribution in [3.8, 4) is 23.0 Å². The molecular weight excluding hydrogens is 418 g/mol. The summed E-state index contributed by atoms with van der Waals surface area (Å²) in [7, 11) is 3.08. The largest absolute Gasteiger partial charge is 0.493 e. The average molecular weight is 442 g/mol. The third kappa shape index (κ3) is 6.06. The number of hydrogen-bond donors (Lipinski definition) is 1. The van der Waals surface area contributed by atoms with Gasteiger partial charge >= 0.3 is 0 Å². The van der Waals surface area contributed by atoms with Gasteiger partial charge in [-0.1, -0.05) is 41.9 Å². The summed E-state index contributed by atoms with van der Waals surface area (Å²) in [6.07, 6.45) is 0. The molecular formula is C24H24ClNO5. The lowest BCUT2D eigenvalue weighted by Gasteiger charge is -2.14. The Bertz CT molecular complexity index is 1010. The van der Waals surface area contributed by atoms with E-state index in [1.165, 1.54) is 7.11 Å². The zero-order valence-corrected chi connectivity index (χ0v) is 18.1. The summed E-state index contributed by atoms with van der Waals surface area (Å²) in [5.41, 5.74) is 1.14. The number of carbonyl (C=O) groups is 1. The van der Waals surface area contributed by atoms with Crippen LogP contribution in [0, 0.1) is 0 Å². The van der Waals surface area contributed by atoms with E-state index in [1.54, 1.807) is 37.4 Å². The first-order valence-electron chi connectivity index (χ1n) is 9.70. The summed E-state index contributed by atoms with van der Waals surface area (Å²) in [6.45, 7) is 0.894. The molecule has 0 saturated heterocycles. The van der Waals surface area contributed by atoms with Crippen LogP contribution in [0.15, 0.2) is 66.7 Å². The van der Waals surface area contributed by atoms with Gasteiger partial charge in [0.25, 0.3) is 5.91 Å². The molecule has 6 nitrogen and oxygen atoms in total. The van der Waals surface area contributed by atoms with Gasteiger partial charge in [-0.25, -0.2) is 0 Å². The second-order valence-corrected chi connectivity index (χ2v) is 6.89. The molecule has 162 valence electrons. The topological polar surface area (TPSA) is 66.0 Å². The van der Waals surface area contributed by atoms with Crippen molar-refractivity contribution in [1.82, 2.24) is 5.32 Å². The minimum absolute atomic E-state index is 0.226. The Hall–Kier alpha value is -3.38. The average Bonchev–Trinajstić information content (AvgIpc) is 2.81. The summed E-state index contributed by atoms with van der Waals surface area (Å²) in [5, 5.41) is 3.34. The third-order valence-electron chi connectivity index (χ3n) is 4.48. The molecule has 0 spiro atoms. The van der Waals surface area contributed by atoms with Gasteiger partial charge in [-0.2, -0.15) is 0 Å². The number of halogens is 1. The van der Waals surface area contributed by atoms with Crippen molar-refractivity contribution in [1.29, 1.82) is 0 Å². The molecule has 0 saturated carbocycles. The van der Waals surface area contributed by atoms with Crippen LogP contribution in [-0.2, 0) is 6.54 Å². The Labute approximate surface area is 186 Å². The predicted molar refractivity (Wildman–Crippen MR) is 120 cm³/mol. The molecule has 7 heteroatoms. The standard InChI is InChI=1S/C24H24ClNO5/c1-28-22-14-17(20(25)15-23(22)29-2)16-26-24(27)19-10-6-7-11-21(19)31-13-12-30-18-8-4-3-5-9-18/h3-11,14-15H,12-13,16H2,1-2H3,(H,26,27). The molecule has 0 atom stereocenters. The molecule has 0 radical (unpaired) electrons. The van der Waals surface area contributed by atoms with Crippen LogP contribution < -0.4 is 24.3 Å². The molecule has 3 aromatic rings. The minimum atomic E-state index is -0.273. The fourth-order valence-electron chi connectivity index (χ4n) is 2.91. The highest BCUT2D eigenvalue weighted by atomic mass is 35.5. The smallest absolute Gasteiger partial charge is 0.255 e. The summed E-state index contributed by atoms with van der Waals surface area (Å²) >= 11 is 6.31. The highest BCUT2D eigenvalue weighted by Crippen LogP contribution is 2.33. The van der Waals surface area contributed by atoms with Gasteiger partial charge in [0.1, 0.15) is 24.7 Å². The Morgan fingerprint density at radius 1 is 0.839 bits per heavy atom. The number of methoxy groups -OCH3 is 2. The third-order valence-corrected chi connectivity index (χ3v) is 4.83. The molecule has 0 fully saturated rings. The molecule has 0 aliphatic carbocycles. The van der Waals surface area contributed by atoms with Crippen molar-refractivity contribution in [2.24, 2.45) is 0 Å². The van der Waals surface area contributed by atoms with Crippen molar-refractivity contribution in [3.63, 3.8) is 0 Å². The van der Waals surface area contributed by atoms with Gasteiger partial charge in [-0.05, 0) is 35.9 Å². The van der Waals surface area contributed by atoms with E-state index in [0.29, 0.717) is 46.6 Å². The van der Waals surface area contributed by atoms with Crippen LogP contribution in [0.25, 0.3) is 0 Å². The van der Waals surface area contributed by atoms with Crippen LogP contribution in [0.3, 0.4) is 0 Å². The van der Waals surface area contributed by atoms with Crippen molar-refractivity contribution >= 4 is 17.5 Å². The highest BCUT2D eigenvalue weighted by Gasteiger charge is 2.14. The SMILES string of the molecule is COc1cc(Cl)c(CNC(=O)c2ccccc2OCCOc2ccccc2)cc1OC. The van der Waals surface area contributed by atoms with Crippen molar-refractivity contribution in [3.05, 3.63) is 82.9 Å². The number of nitrogens with one attached hydrogen (secondary N) is 1. The Kier molecular flexibility index (Phi) is 8.01. The quantitative estimate of drug-likeness (QED) is 0.460. The first kappa shape index (κ1) is 22.3. The van der Waals surface area contributed by atoms with Crippen molar-refractivity contribution < 1.29 is 23.7 Å². The fraction of sp³-hybridized carbons (Fsp3) is 0.208. The Balaban J connectivity index is 1.59. The van der Waals surface area contributed by atoms with Crippen LogP contribution in [0.1, 0.15) is 15.9 Å². The molecule has 1 amide bonds. The van der Waals surface area contributed by atoms with Crippen LogP contribution in [0.2, 0.25) is 5.02 Å². The zero-order chi connectivity index (χ0) is 22.1. The van der Waals surface area contributed by atoms with E-state index in [4.69, 9.17) is 30.5 Å². The number of hydrogen-bond acceptors (Lipinski definition) is 5. The van der Waals surface area contributed by atoms with Gasteiger partial charge in [0.05, 0.1) is 19.8 Å². The van der Waals surface area contributed by atoms with E-state index in [-0.39, 0.29) is 12.5 Å². The number of para-hydroxylation sites is 2. The molecule has 1 N–H and O–H groups in total. The van der Waals surface area contributed by atoms with Crippen LogP contribution in [0.4, 0.5) is 0 Å². The highest BCUT2D eigenvalue weighted by molar-refractivity contribution is 6.31. The summed E-state index contributed by atoms with van der Waals surface area (Å²) in [4.78, 5) is 12.8. The molecule has 0 aliphatic rings. The van der Waals surface area contributed by atoms with E-state index in [2.05, 4.69) is 5.32 Å². The van der Waals surface area contributed by atoms with Crippen LogP contribution >= 0.6 is 11.6 Å². The van der Waals surface area contributed by atoms with E-state index < -0.39 is 0 Å². The number of amides is 1. The van der Waals surface area contributed by atoms with Gasteiger partial charge < -0.3 is 24.3 Å². The molecule has 0 unspecified atom stereocenters. The molecule has 3 aromatic carbocycles. The normalized spacial score (nSPS) is 10.3. The number of rotatable bonds is 10. The maximum Gasteiger partial charge on any atom is 0.255 e. The van der Waals surface area contributed by atoms with Crippen LogP contribution in [0.5, 0.6) is 23.0 Å². The predicted octanol–water partition coefficient (Wildman–Crippen LogP) is 4.75. The first-order valence-corrected chi connectivity index (χ1v) is 10.1. The molecule has 3 rings (SSSR count). The van der Waals surface area contributed by atoms with Gasteiger partial charge in [0.2, 0.25) is 0 Å². The number of benzene rings is 3. The molecule has 0 aromatic heterocycles. The molecule has 0 heterocycles. The second kappa shape index (κ2) is 11.1. The van der Waals surface area contributed by atoms with Gasteiger partial charge in [0.15, 0.2) is 11.5 Å². The van der Waals surface area contributed by atoms with Crippen molar-refractivity contribution in [2.75, 3.05) is 27.4 Å². The molecule has 0 aliphatic heterocycles. The maximum atomic E-state index is 12.8. The molecule has 31 heavy (non-hydrogen) atoms. The summed E-state index contributed by atoms with van der Waals surface area (Å²) in [5.74, 6) is 2.04. The van der Waals surface area contributed by atoms with Crippen LogP contribution in [-0.4, -0.2) is 33.3 Å². The van der Waals surface area contributed by atoms with E-state index in [0.717, 1.165) is 5.75 Å². The minimum Gasteiger partial charge on any atom is -0.493 e. The van der Waals surface area contributed by atoms with Gasteiger partial charge in [-0.3, -0.25) is 4.79 Å². The van der Waals surface area contributed by atoms with E-state index in [1.807, 2.05) is 36.4 Å². The zero-order valence-electron chi connectivity index (χ0n) is 17.4. The lowest BCUT2D eigenvalue weighted by Crippen LogP contribution is -2.24. The monoisotopic (exact) mass is 441 g/mol. The number of ether oxygens (including phenoxy) is 4. The fourth-order valence-corrected chi connectivity index (χ4v) is 3.13. The molecule has 0 bridgehead atoms. The van der Waals surface area contributed by atoms with Gasteiger partial charge in [-0.15, -0.1) is 0 Å². The Morgan fingerprint density at radius 3 is 2.23 bits per heavy atom. The summed E-state index contributed by atoms with van der Waals surface area (Å²) < 4.78 is 21.9. The number of carbonyl (C=O) groups excluding carboxylic acids is 1. The van der Waals surface area contributed by atoms with E-state index in [9.17, 15) is 4.79 Å². The van der Waals surface area contributed by atoms with Crippen molar-refractivity contribution in [2.45, 2.75) is 6.54 Å². The Morgan fingerprint density at radius 2 is 1.48 bits per heavy atom. The summed E-state index contributed by atoms with van der Waals surface area (Å²) in [6, 6.07) is 19.9. The first-order chi connectivity index (χ1) is 15.1. The van der Waals surface area contributed by atoms with E-state index >= 15 is 0 Å².